The van der Waals surface area contributed by atoms with Crippen LogP contribution in [0.15, 0.2) is 42.5 Å². The Morgan fingerprint density at radius 1 is 1.26 bits per heavy atom. The molecule has 1 aliphatic heterocycles. The van der Waals surface area contributed by atoms with Crippen LogP contribution in [0, 0.1) is 6.92 Å². The molecular weight excluding hydrogens is 318 g/mol. The van der Waals surface area contributed by atoms with E-state index >= 15 is 0 Å². The summed E-state index contributed by atoms with van der Waals surface area (Å²) < 4.78 is 32.2. The number of para-hydroxylation sites is 1. The molecule has 0 radical (unpaired) electrons. The molecule has 0 spiro atoms. The Balaban J connectivity index is 1.85. The summed E-state index contributed by atoms with van der Waals surface area (Å²) in [5, 5.41) is -0.105. The van der Waals surface area contributed by atoms with E-state index in [9.17, 15) is 8.78 Å². The highest BCUT2D eigenvalue weighted by Crippen LogP contribution is 2.45. The number of halogens is 2. The Kier molecular flexibility index (Phi) is 3.49. The molecule has 0 saturated heterocycles. The number of benzene rings is 2. The van der Waals surface area contributed by atoms with Crippen LogP contribution in [0.3, 0.4) is 0 Å². The minimum absolute atomic E-state index is 0.105. The number of rotatable bonds is 3. The number of hydrogen-bond acceptors (Lipinski definition) is 3. The highest BCUT2D eigenvalue weighted by molar-refractivity contribution is 7.99. The average molecular weight is 332 g/mol. The van der Waals surface area contributed by atoms with Gasteiger partial charge in [0, 0.05) is 5.56 Å². The minimum atomic E-state index is -2.83. The topological polar surface area (TPSA) is 27.1 Å². The molecule has 3 nitrogen and oxygen atoms in total. The van der Waals surface area contributed by atoms with Gasteiger partial charge in [0.25, 0.3) is 0 Å². The van der Waals surface area contributed by atoms with Gasteiger partial charge in [-0.15, -0.1) is 11.8 Å². The van der Waals surface area contributed by atoms with Crippen LogP contribution in [0.1, 0.15) is 22.3 Å². The van der Waals surface area contributed by atoms with Crippen molar-refractivity contribution in [2.75, 3.05) is 0 Å². The molecule has 4 rings (SSSR count). The fourth-order valence-corrected chi connectivity index (χ4v) is 4.23. The molecule has 0 saturated carbocycles. The second kappa shape index (κ2) is 5.53. The largest absolute Gasteiger partial charge is 0.434 e. The molecule has 2 heterocycles. The number of hydrogen-bond donors (Lipinski definition) is 0. The third kappa shape index (κ3) is 2.47. The third-order valence-corrected chi connectivity index (χ3v) is 5.13. The molecule has 6 heteroatoms. The first-order valence-electron chi connectivity index (χ1n) is 7.26. The highest BCUT2D eigenvalue weighted by Gasteiger charge is 2.30. The van der Waals surface area contributed by atoms with Crippen molar-refractivity contribution >= 4 is 22.8 Å². The maximum absolute atomic E-state index is 12.7. The Morgan fingerprint density at radius 3 is 2.91 bits per heavy atom. The van der Waals surface area contributed by atoms with Crippen LogP contribution in [0.2, 0.25) is 0 Å². The zero-order chi connectivity index (χ0) is 16.0. The molecule has 0 N–H and O–H groups in total. The molecule has 1 aromatic heterocycles. The summed E-state index contributed by atoms with van der Waals surface area (Å²) in [4.78, 5) is 4.65. The van der Waals surface area contributed by atoms with E-state index in [-0.39, 0.29) is 11.1 Å². The molecule has 0 aliphatic carbocycles. The van der Waals surface area contributed by atoms with E-state index in [4.69, 9.17) is 4.74 Å². The lowest BCUT2D eigenvalue weighted by Gasteiger charge is -2.18. The van der Waals surface area contributed by atoms with Crippen molar-refractivity contribution in [3.8, 4) is 5.75 Å². The number of ether oxygens (including phenoxy) is 1. The normalized spacial score (nSPS) is 17.0. The summed E-state index contributed by atoms with van der Waals surface area (Å²) in [5.41, 5.74) is 3.86. The molecule has 1 aliphatic rings. The van der Waals surface area contributed by atoms with Crippen molar-refractivity contribution in [2.45, 2.75) is 24.7 Å². The summed E-state index contributed by atoms with van der Waals surface area (Å²) >= 11 is 1.67. The van der Waals surface area contributed by atoms with E-state index < -0.39 is 6.61 Å². The van der Waals surface area contributed by atoms with Crippen molar-refractivity contribution in [3.63, 3.8) is 0 Å². The third-order valence-electron chi connectivity index (χ3n) is 3.92. The maximum atomic E-state index is 12.7. The maximum Gasteiger partial charge on any atom is 0.387 e. The van der Waals surface area contributed by atoms with Crippen LogP contribution in [-0.4, -0.2) is 16.2 Å². The van der Waals surface area contributed by atoms with Gasteiger partial charge in [-0.05, 0) is 30.7 Å². The van der Waals surface area contributed by atoms with Gasteiger partial charge in [-0.2, -0.15) is 8.78 Å². The van der Waals surface area contributed by atoms with Gasteiger partial charge in [0.15, 0.2) is 0 Å². The first kappa shape index (κ1) is 14.5. The number of aryl methyl sites for hydroxylation is 1. The molecule has 0 unspecified atom stereocenters. The van der Waals surface area contributed by atoms with Gasteiger partial charge >= 0.3 is 6.61 Å². The number of thioether (sulfide) groups is 1. The Hall–Kier alpha value is -2.08. The average Bonchev–Trinajstić information content (AvgIpc) is 3.06. The molecule has 0 fully saturated rings. The number of fused-ring (bicyclic) bond motifs is 3. The zero-order valence-electron chi connectivity index (χ0n) is 12.4. The molecular formula is C17H14F2N2OS. The molecule has 0 amide bonds. The fraction of sp³-hybridized carbons (Fsp3) is 0.235. The minimum Gasteiger partial charge on any atom is -0.434 e. The van der Waals surface area contributed by atoms with Gasteiger partial charge in [-0.1, -0.05) is 24.3 Å². The second-order valence-corrected chi connectivity index (χ2v) is 6.54. The summed E-state index contributed by atoms with van der Waals surface area (Å²) in [7, 11) is 0. The predicted octanol–water partition coefficient (Wildman–Crippen LogP) is 4.74. The quantitative estimate of drug-likeness (QED) is 0.693. The van der Waals surface area contributed by atoms with E-state index in [0.29, 0.717) is 0 Å². The molecule has 3 aromatic rings. The number of imidazole rings is 1. The lowest BCUT2D eigenvalue weighted by atomic mass is 10.2. The lowest BCUT2D eigenvalue weighted by Crippen LogP contribution is -2.09. The van der Waals surface area contributed by atoms with E-state index in [1.807, 2.05) is 31.2 Å². The van der Waals surface area contributed by atoms with Crippen LogP contribution < -0.4 is 4.74 Å². The summed E-state index contributed by atoms with van der Waals surface area (Å²) in [6.45, 7) is -0.798. The van der Waals surface area contributed by atoms with E-state index in [1.54, 1.807) is 23.9 Å². The van der Waals surface area contributed by atoms with Gasteiger partial charge in [0.1, 0.15) is 16.9 Å². The molecule has 1 atom stereocenters. The van der Waals surface area contributed by atoms with Crippen LogP contribution in [0.5, 0.6) is 5.75 Å². The standard InChI is InChI=1S/C17H14F2N2OS/c1-10-6-7-12-13(8-10)21-15(20-12)9-23-16(21)11-4-2-3-5-14(11)22-17(18)19/h2-8,16-17H,9H2,1H3/t16-/m1/s1. The summed E-state index contributed by atoms with van der Waals surface area (Å²) in [6.07, 6.45) is 0. The van der Waals surface area contributed by atoms with Gasteiger partial charge < -0.3 is 9.30 Å². The Labute approximate surface area is 136 Å². The number of aromatic nitrogens is 2. The van der Waals surface area contributed by atoms with Gasteiger partial charge in [-0.25, -0.2) is 4.98 Å². The molecule has 2 aromatic carbocycles. The second-order valence-electron chi connectivity index (χ2n) is 5.47. The van der Waals surface area contributed by atoms with Gasteiger partial charge in [-0.3, -0.25) is 0 Å². The Bertz CT molecular complexity index is 878. The summed E-state index contributed by atoms with van der Waals surface area (Å²) in [6, 6.07) is 13.1. The van der Waals surface area contributed by atoms with E-state index in [2.05, 4.69) is 15.6 Å². The van der Waals surface area contributed by atoms with Crippen molar-refractivity contribution in [1.82, 2.24) is 9.55 Å². The molecule has 23 heavy (non-hydrogen) atoms. The van der Waals surface area contributed by atoms with Crippen molar-refractivity contribution in [2.24, 2.45) is 0 Å². The van der Waals surface area contributed by atoms with E-state index in [1.165, 1.54) is 0 Å². The summed E-state index contributed by atoms with van der Waals surface area (Å²) in [5.74, 6) is 1.94. The lowest BCUT2D eigenvalue weighted by molar-refractivity contribution is -0.0504. The molecule has 0 bridgehead atoms. The first-order valence-corrected chi connectivity index (χ1v) is 8.31. The van der Waals surface area contributed by atoms with Crippen molar-refractivity contribution in [3.05, 3.63) is 59.4 Å². The van der Waals surface area contributed by atoms with E-state index in [0.717, 1.165) is 33.7 Å². The van der Waals surface area contributed by atoms with Crippen molar-refractivity contribution in [1.29, 1.82) is 0 Å². The van der Waals surface area contributed by atoms with Crippen LogP contribution in [0.4, 0.5) is 8.78 Å². The van der Waals surface area contributed by atoms with Crippen LogP contribution in [-0.2, 0) is 5.75 Å². The highest BCUT2D eigenvalue weighted by atomic mass is 32.2. The Morgan fingerprint density at radius 2 is 2.09 bits per heavy atom. The monoisotopic (exact) mass is 332 g/mol. The zero-order valence-corrected chi connectivity index (χ0v) is 13.2. The van der Waals surface area contributed by atoms with Crippen molar-refractivity contribution < 1.29 is 13.5 Å². The SMILES string of the molecule is Cc1ccc2nc3n(c2c1)[C@@H](c1ccccc1OC(F)F)SC3. The fourth-order valence-electron chi connectivity index (χ4n) is 2.96. The van der Waals surface area contributed by atoms with Crippen LogP contribution >= 0.6 is 11.8 Å². The smallest absolute Gasteiger partial charge is 0.387 e. The van der Waals surface area contributed by atoms with Gasteiger partial charge in [0.05, 0.1) is 16.8 Å². The van der Waals surface area contributed by atoms with Gasteiger partial charge in [0.2, 0.25) is 0 Å². The number of alkyl halides is 2. The number of nitrogens with zero attached hydrogens (tertiary/aromatic N) is 2. The molecule has 118 valence electrons. The van der Waals surface area contributed by atoms with Crippen LogP contribution in [0.25, 0.3) is 11.0 Å². The first-order chi connectivity index (χ1) is 11.1. The predicted molar refractivity (Wildman–Crippen MR) is 87.0 cm³/mol.